The van der Waals surface area contributed by atoms with Gasteiger partial charge in [0.25, 0.3) is 0 Å². The predicted octanol–water partition coefficient (Wildman–Crippen LogP) is 4.39. The lowest BCUT2D eigenvalue weighted by atomic mass is 10.0. The second kappa shape index (κ2) is 4.43. The summed E-state index contributed by atoms with van der Waals surface area (Å²) in [6.07, 6.45) is 0.501. The van der Waals surface area contributed by atoms with Crippen LogP contribution in [0.3, 0.4) is 0 Å². The van der Waals surface area contributed by atoms with Crippen LogP contribution in [0.25, 0.3) is 10.1 Å². The molecule has 0 unspecified atom stereocenters. The Morgan fingerprint density at radius 3 is 2.82 bits per heavy atom. The van der Waals surface area contributed by atoms with E-state index in [9.17, 15) is 4.79 Å². The van der Waals surface area contributed by atoms with E-state index in [0.29, 0.717) is 6.42 Å². The number of fused-ring (bicyclic) bond motifs is 1. The Labute approximate surface area is 107 Å². The Bertz CT molecular complexity index is 650. The van der Waals surface area contributed by atoms with Crippen molar-refractivity contribution in [1.29, 1.82) is 0 Å². The molecular formula is C14H10OS2. The van der Waals surface area contributed by atoms with Crippen molar-refractivity contribution >= 4 is 38.5 Å². The van der Waals surface area contributed by atoms with E-state index in [-0.39, 0.29) is 5.78 Å². The summed E-state index contributed by atoms with van der Waals surface area (Å²) >= 11 is 3.27. The first-order valence-electron chi connectivity index (χ1n) is 5.35. The number of carbonyl (C=O) groups is 1. The molecule has 3 heteroatoms. The summed E-state index contributed by atoms with van der Waals surface area (Å²) in [6.45, 7) is 0. The number of carbonyl (C=O) groups excluding carboxylic acids is 1. The molecule has 0 aliphatic carbocycles. The fraction of sp³-hybridized carbons (Fsp3) is 0.0714. The van der Waals surface area contributed by atoms with Crippen LogP contribution in [0.1, 0.15) is 15.9 Å². The molecule has 84 valence electrons. The molecule has 17 heavy (non-hydrogen) atoms. The highest BCUT2D eigenvalue weighted by molar-refractivity contribution is 7.17. The van der Waals surface area contributed by atoms with E-state index in [2.05, 4.69) is 17.5 Å². The van der Waals surface area contributed by atoms with Crippen molar-refractivity contribution in [2.45, 2.75) is 6.42 Å². The maximum atomic E-state index is 12.0. The van der Waals surface area contributed by atoms with E-state index in [1.54, 1.807) is 22.7 Å². The van der Waals surface area contributed by atoms with Gasteiger partial charge in [-0.2, -0.15) is 11.3 Å². The molecule has 2 heterocycles. The van der Waals surface area contributed by atoms with Crippen molar-refractivity contribution in [3.63, 3.8) is 0 Å². The van der Waals surface area contributed by atoms with Gasteiger partial charge < -0.3 is 0 Å². The Balaban J connectivity index is 1.93. The zero-order chi connectivity index (χ0) is 11.7. The van der Waals surface area contributed by atoms with Crippen molar-refractivity contribution in [1.82, 2.24) is 0 Å². The number of rotatable bonds is 3. The summed E-state index contributed by atoms with van der Waals surface area (Å²) in [5.74, 6) is 0.204. The van der Waals surface area contributed by atoms with E-state index in [4.69, 9.17) is 0 Å². The minimum Gasteiger partial charge on any atom is -0.294 e. The maximum absolute atomic E-state index is 12.0. The molecule has 2 aromatic heterocycles. The van der Waals surface area contributed by atoms with Crippen LogP contribution >= 0.6 is 22.7 Å². The normalized spacial score (nSPS) is 10.8. The van der Waals surface area contributed by atoms with E-state index < -0.39 is 0 Å². The fourth-order valence-corrected chi connectivity index (χ4v) is 3.49. The van der Waals surface area contributed by atoms with E-state index in [1.165, 1.54) is 10.1 Å². The molecule has 0 saturated heterocycles. The van der Waals surface area contributed by atoms with Crippen LogP contribution in [-0.4, -0.2) is 5.78 Å². The molecule has 0 amide bonds. The molecule has 1 nitrogen and oxygen atoms in total. The van der Waals surface area contributed by atoms with Crippen LogP contribution < -0.4 is 0 Å². The number of benzene rings is 1. The zero-order valence-corrected chi connectivity index (χ0v) is 10.7. The summed E-state index contributed by atoms with van der Waals surface area (Å²) in [5.41, 5.74) is 1.96. The van der Waals surface area contributed by atoms with E-state index in [1.807, 2.05) is 29.0 Å². The fourth-order valence-electron chi connectivity index (χ4n) is 1.87. The predicted molar refractivity (Wildman–Crippen MR) is 74.2 cm³/mol. The van der Waals surface area contributed by atoms with Gasteiger partial charge in [-0.15, -0.1) is 11.3 Å². The highest BCUT2D eigenvalue weighted by atomic mass is 32.1. The number of hydrogen-bond donors (Lipinski definition) is 0. The Morgan fingerprint density at radius 2 is 2.00 bits per heavy atom. The molecule has 0 aliphatic rings. The average Bonchev–Trinajstić information content (AvgIpc) is 2.98. The summed E-state index contributed by atoms with van der Waals surface area (Å²) in [5, 5.41) is 7.16. The molecule has 0 N–H and O–H groups in total. The van der Waals surface area contributed by atoms with Crippen molar-refractivity contribution in [2.24, 2.45) is 0 Å². The Morgan fingerprint density at radius 1 is 1.12 bits per heavy atom. The summed E-state index contributed by atoms with van der Waals surface area (Å²) in [4.78, 5) is 12.0. The van der Waals surface area contributed by atoms with E-state index in [0.717, 1.165) is 11.1 Å². The molecule has 3 rings (SSSR count). The van der Waals surface area contributed by atoms with Gasteiger partial charge in [0, 0.05) is 22.1 Å². The van der Waals surface area contributed by atoms with Crippen LogP contribution in [0.15, 0.2) is 46.5 Å². The van der Waals surface area contributed by atoms with Gasteiger partial charge in [0.05, 0.1) is 0 Å². The van der Waals surface area contributed by atoms with E-state index >= 15 is 0 Å². The summed E-state index contributed by atoms with van der Waals surface area (Å²) < 4.78 is 1.25. The third-order valence-electron chi connectivity index (χ3n) is 2.76. The first-order valence-corrected chi connectivity index (χ1v) is 7.17. The number of ketones is 1. The second-order valence-electron chi connectivity index (χ2n) is 3.87. The highest BCUT2D eigenvalue weighted by Crippen LogP contribution is 2.26. The molecule has 0 atom stereocenters. The zero-order valence-electron chi connectivity index (χ0n) is 9.05. The lowest BCUT2D eigenvalue weighted by molar-refractivity contribution is 0.0994. The third kappa shape index (κ3) is 2.04. The molecule has 3 aromatic rings. The molecule has 0 fully saturated rings. The minimum absolute atomic E-state index is 0.204. The molecular weight excluding hydrogens is 248 g/mol. The summed E-state index contributed by atoms with van der Waals surface area (Å²) in [7, 11) is 0. The van der Waals surface area contributed by atoms with Crippen LogP contribution in [0, 0.1) is 0 Å². The molecule has 0 aliphatic heterocycles. The Hall–Kier alpha value is -1.45. The largest absolute Gasteiger partial charge is 0.294 e. The molecule has 0 radical (unpaired) electrons. The Kier molecular flexibility index (Phi) is 2.79. The number of Topliss-reactive ketones (excluding diaryl/α,β-unsaturated/α-hetero) is 1. The van der Waals surface area contributed by atoms with Crippen molar-refractivity contribution in [3.8, 4) is 0 Å². The van der Waals surface area contributed by atoms with Gasteiger partial charge in [-0.1, -0.05) is 18.2 Å². The van der Waals surface area contributed by atoms with Gasteiger partial charge in [-0.25, -0.2) is 0 Å². The quantitative estimate of drug-likeness (QED) is 0.637. The summed E-state index contributed by atoms with van der Waals surface area (Å²) in [6, 6.07) is 10.1. The van der Waals surface area contributed by atoms with Crippen molar-refractivity contribution in [2.75, 3.05) is 0 Å². The van der Waals surface area contributed by atoms with Crippen molar-refractivity contribution in [3.05, 3.63) is 57.6 Å². The second-order valence-corrected chi connectivity index (χ2v) is 5.56. The number of hydrogen-bond acceptors (Lipinski definition) is 3. The van der Waals surface area contributed by atoms with Crippen LogP contribution in [0.2, 0.25) is 0 Å². The van der Waals surface area contributed by atoms with Gasteiger partial charge in [0.2, 0.25) is 0 Å². The van der Waals surface area contributed by atoms with Gasteiger partial charge in [0.1, 0.15) is 0 Å². The minimum atomic E-state index is 0.204. The highest BCUT2D eigenvalue weighted by Gasteiger charge is 2.10. The maximum Gasteiger partial charge on any atom is 0.168 e. The van der Waals surface area contributed by atoms with Gasteiger partial charge in [0.15, 0.2) is 5.78 Å². The first kappa shape index (κ1) is 10.7. The van der Waals surface area contributed by atoms with Crippen LogP contribution in [0.5, 0.6) is 0 Å². The molecule has 1 aromatic carbocycles. The standard InChI is InChI=1S/C14H10OS2/c15-13(10-5-6-16-8-10)7-11-9-17-14-4-2-1-3-12(11)14/h1-6,8-9H,7H2. The average molecular weight is 258 g/mol. The van der Waals surface area contributed by atoms with Crippen molar-refractivity contribution < 1.29 is 4.79 Å². The van der Waals surface area contributed by atoms with Gasteiger partial charge in [-0.3, -0.25) is 4.79 Å². The lowest BCUT2D eigenvalue weighted by Crippen LogP contribution is -2.00. The van der Waals surface area contributed by atoms with Gasteiger partial charge >= 0.3 is 0 Å². The number of thiophene rings is 2. The SMILES string of the molecule is O=C(Cc1csc2ccccc12)c1ccsc1. The molecule has 0 bridgehead atoms. The first-order chi connectivity index (χ1) is 8.34. The van der Waals surface area contributed by atoms with Gasteiger partial charge in [-0.05, 0) is 33.8 Å². The van der Waals surface area contributed by atoms with Crippen LogP contribution in [0.4, 0.5) is 0 Å². The molecule has 0 spiro atoms. The third-order valence-corrected chi connectivity index (χ3v) is 4.45. The smallest absolute Gasteiger partial charge is 0.168 e. The van der Waals surface area contributed by atoms with Crippen LogP contribution in [-0.2, 0) is 6.42 Å². The lowest BCUT2D eigenvalue weighted by Gasteiger charge is -1.97. The molecule has 0 saturated carbocycles. The monoisotopic (exact) mass is 258 g/mol. The topological polar surface area (TPSA) is 17.1 Å².